The molecule has 19 heavy (non-hydrogen) atoms. The van der Waals surface area contributed by atoms with Gasteiger partial charge in [-0.2, -0.15) is 0 Å². The van der Waals surface area contributed by atoms with Gasteiger partial charge in [0.25, 0.3) is 0 Å². The smallest absolute Gasteiger partial charge is 0.224 e. The summed E-state index contributed by atoms with van der Waals surface area (Å²) in [6.45, 7) is 3.51. The zero-order chi connectivity index (χ0) is 14.1. The van der Waals surface area contributed by atoms with Crippen LogP contribution < -0.4 is 15.8 Å². The van der Waals surface area contributed by atoms with Crippen LogP contribution in [0.2, 0.25) is 0 Å². The van der Waals surface area contributed by atoms with Crippen LogP contribution in [0.25, 0.3) is 0 Å². The van der Waals surface area contributed by atoms with Gasteiger partial charge in [-0.1, -0.05) is 25.5 Å². The number of rotatable bonds is 8. The van der Waals surface area contributed by atoms with Crippen LogP contribution in [0.1, 0.15) is 25.3 Å². The normalized spacial score (nSPS) is 11.9. The Bertz CT molecular complexity index is 376. The first-order valence-corrected chi connectivity index (χ1v) is 6.79. The van der Waals surface area contributed by atoms with Gasteiger partial charge in [-0.15, -0.1) is 0 Å². The third-order valence-electron chi connectivity index (χ3n) is 3.26. The number of amides is 1. The second-order valence-electron chi connectivity index (χ2n) is 4.68. The van der Waals surface area contributed by atoms with Gasteiger partial charge in [-0.05, 0) is 36.6 Å². The van der Waals surface area contributed by atoms with E-state index in [4.69, 9.17) is 10.5 Å². The molecule has 0 radical (unpaired) electrons. The third-order valence-corrected chi connectivity index (χ3v) is 3.26. The second-order valence-corrected chi connectivity index (χ2v) is 4.68. The molecule has 1 atom stereocenters. The SMILES string of the molecule is CCC(CCN)CNC(=O)Cc1ccc(OC)cc1. The van der Waals surface area contributed by atoms with E-state index < -0.39 is 0 Å². The molecule has 0 spiro atoms. The summed E-state index contributed by atoms with van der Waals surface area (Å²) in [6.07, 6.45) is 2.41. The van der Waals surface area contributed by atoms with Gasteiger partial charge < -0.3 is 15.8 Å². The molecule has 1 rings (SSSR count). The molecule has 0 saturated carbocycles. The Morgan fingerprint density at radius 2 is 2.05 bits per heavy atom. The average molecular weight is 264 g/mol. The number of ether oxygens (including phenoxy) is 1. The van der Waals surface area contributed by atoms with Crippen LogP contribution >= 0.6 is 0 Å². The predicted molar refractivity (Wildman–Crippen MR) is 77.2 cm³/mol. The molecule has 3 N–H and O–H groups in total. The summed E-state index contributed by atoms with van der Waals surface area (Å²) in [5, 5.41) is 2.97. The Kier molecular flexibility index (Phi) is 6.97. The summed E-state index contributed by atoms with van der Waals surface area (Å²) in [5.74, 6) is 1.34. The molecule has 0 heterocycles. The lowest BCUT2D eigenvalue weighted by Crippen LogP contribution is -2.31. The first-order chi connectivity index (χ1) is 9.19. The molecule has 1 aromatic carbocycles. The van der Waals surface area contributed by atoms with Crippen LogP contribution in [-0.2, 0) is 11.2 Å². The molecule has 1 unspecified atom stereocenters. The number of benzene rings is 1. The lowest BCUT2D eigenvalue weighted by molar-refractivity contribution is -0.120. The Hall–Kier alpha value is -1.55. The maximum absolute atomic E-state index is 11.8. The second kappa shape index (κ2) is 8.53. The number of hydrogen-bond acceptors (Lipinski definition) is 3. The van der Waals surface area contributed by atoms with E-state index in [1.165, 1.54) is 0 Å². The van der Waals surface area contributed by atoms with Gasteiger partial charge in [-0.25, -0.2) is 0 Å². The quantitative estimate of drug-likeness (QED) is 0.751. The molecule has 4 nitrogen and oxygen atoms in total. The fourth-order valence-electron chi connectivity index (χ4n) is 1.94. The van der Waals surface area contributed by atoms with Crippen molar-refractivity contribution < 1.29 is 9.53 Å². The molecule has 0 aromatic heterocycles. The summed E-state index contributed by atoms with van der Waals surface area (Å²) in [4.78, 5) is 11.8. The van der Waals surface area contributed by atoms with Gasteiger partial charge in [0.2, 0.25) is 5.91 Å². The standard InChI is InChI=1S/C15H24N2O2/c1-3-12(8-9-16)11-17-15(18)10-13-4-6-14(19-2)7-5-13/h4-7,12H,3,8-11,16H2,1-2H3,(H,17,18). The number of nitrogens with two attached hydrogens (primary N) is 1. The fraction of sp³-hybridized carbons (Fsp3) is 0.533. The third kappa shape index (κ3) is 5.75. The molecule has 0 aliphatic rings. The number of carbonyl (C=O) groups is 1. The van der Waals surface area contributed by atoms with Crippen LogP contribution in [0.3, 0.4) is 0 Å². The zero-order valence-electron chi connectivity index (χ0n) is 11.8. The summed E-state index contributed by atoms with van der Waals surface area (Å²) >= 11 is 0. The minimum atomic E-state index is 0.0561. The average Bonchev–Trinajstić information content (AvgIpc) is 2.44. The lowest BCUT2D eigenvalue weighted by Gasteiger charge is -2.14. The van der Waals surface area contributed by atoms with E-state index in [1.54, 1.807) is 7.11 Å². The Balaban J connectivity index is 2.37. The molecule has 0 aliphatic heterocycles. The van der Waals surface area contributed by atoms with E-state index in [2.05, 4.69) is 12.2 Å². The minimum absolute atomic E-state index is 0.0561. The van der Waals surface area contributed by atoms with Crippen molar-refractivity contribution in [3.8, 4) is 5.75 Å². The van der Waals surface area contributed by atoms with E-state index in [0.29, 0.717) is 25.4 Å². The van der Waals surface area contributed by atoms with Gasteiger partial charge in [0.15, 0.2) is 0 Å². The minimum Gasteiger partial charge on any atom is -0.497 e. The number of hydrogen-bond donors (Lipinski definition) is 2. The van der Waals surface area contributed by atoms with Crippen LogP contribution in [0.5, 0.6) is 5.75 Å². The molecule has 0 saturated heterocycles. The van der Waals surface area contributed by atoms with Crippen molar-refractivity contribution in [3.63, 3.8) is 0 Å². The molecule has 0 bridgehead atoms. The molecular weight excluding hydrogens is 240 g/mol. The summed E-state index contributed by atoms with van der Waals surface area (Å²) in [7, 11) is 1.63. The van der Waals surface area contributed by atoms with Crippen LogP contribution in [0.4, 0.5) is 0 Å². The summed E-state index contributed by atoms with van der Waals surface area (Å²) in [5.41, 5.74) is 6.53. The Labute approximate surface area is 115 Å². The van der Waals surface area contributed by atoms with Crippen molar-refractivity contribution >= 4 is 5.91 Å². The molecule has 106 valence electrons. The van der Waals surface area contributed by atoms with E-state index in [-0.39, 0.29) is 5.91 Å². The molecule has 1 aromatic rings. The van der Waals surface area contributed by atoms with E-state index in [0.717, 1.165) is 24.2 Å². The topological polar surface area (TPSA) is 64.3 Å². The molecular formula is C15H24N2O2. The van der Waals surface area contributed by atoms with Gasteiger partial charge in [-0.3, -0.25) is 4.79 Å². The zero-order valence-corrected chi connectivity index (χ0v) is 11.8. The highest BCUT2D eigenvalue weighted by Gasteiger charge is 2.08. The molecule has 0 aliphatic carbocycles. The Morgan fingerprint density at radius 3 is 2.58 bits per heavy atom. The highest BCUT2D eigenvalue weighted by atomic mass is 16.5. The summed E-state index contributed by atoms with van der Waals surface area (Å²) in [6, 6.07) is 7.56. The van der Waals surface area contributed by atoms with Gasteiger partial charge in [0.05, 0.1) is 13.5 Å². The first kappa shape index (κ1) is 15.5. The number of methoxy groups -OCH3 is 1. The number of carbonyl (C=O) groups excluding carboxylic acids is 1. The molecule has 0 fully saturated rings. The van der Waals surface area contributed by atoms with Crippen molar-refractivity contribution in [3.05, 3.63) is 29.8 Å². The van der Waals surface area contributed by atoms with Gasteiger partial charge in [0, 0.05) is 6.54 Å². The maximum atomic E-state index is 11.8. The first-order valence-electron chi connectivity index (χ1n) is 6.79. The van der Waals surface area contributed by atoms with Crippen LogP contribution in [-0.4, -0.2) is 26.1 Å². The monoisotopic (exact) mass is 264 g/mol. The summed E-state index contributed by atoms with van der Waals surface area (Å²) < 4.78 is 5.08. The van der Waals surface area contributed by atoms with Crippen molar-refractivity contribution in [2.24, 2.45) is 11.7 Å². The van der Waals surface area contributed by atoms with E-state index >= 15 is 0 Å². The van der Waals surface area contributed by atoms with Crippen molar-refractivity contribution in [1.29, 1.82) is 0 Å². The van der Waals surface area contributed by atoms with Crippen molar-refractivity contribution in [1.82, 2.24) is 5.32 Å². The van der Waals surface area contributed by atoms with Gasteiger partial charge >= 0.3 is 0 Å². The highest BCUT2D eigenvalue weighted by Crippen LogP contribution is 2.11. The predicted octanol–water partition coefficient (Wildman–Crippen LogP) is 1.73. The van der Waals surface area contributed by atoms with Crippen molar-refractivity contribution in [2.45, 2.75) is 26.2 Å². The maximum Gasteiger partial charge on any atom is 0.224 e. The molecule has 1 amide bonds. The van der Waals surface area contributed by atoms with E-state index in [9.17, 15) is 4.79 Å². The van der Waals surface area contributed by atoms with Crippen LogP contribution in [0.15, 0.2) is 24.3 Å². The van der Waals surface area contributed by atoms with E-state index in [1.807, 2.05) is 24.3 Å². The van der Waals surface area contributed by atoms with Crippen LogP contribution in [0, 0.1) is 5.92 Å². The lowest BCUT2D eigenvalue weighted by atomic mass is 10.0. The number of nitrogens with one attached hydrogen (secondary N) is 1. The fourth-order valence-corrected chi connectivity index (χ4v) is 1.94. The van der Waals surface area contributed by atoms with Gasteiger partial charge in [0.1, 0.15) is 5.75 Å². The largest absolute Gasteiger partial charge is 0.497 e. The molecule has 4 heteroatoms. The Morgan fingerprint density at radius 1 is 1.37 bits per heavy atom. The van der Waals surface area contributed by atoms with Crippen molar-refractivity contribution in [2.75, 3.05) is 20.2 Å². The highest BCUT2D eigenvalue weighted by molar-refractivity contribution is 5.78.